The molecular formula is C11H6Cl2O5S. The normalized spacial score (nSPS) is 11.7. The monoisotopic (exact) mass is 320 g/mol. The first kappa shape index (κ1) is 13.9. The average Bonchev–Trinajstić information content (AvgIpc) is 2.31. The average molecular weight is 321 g/mol. The summed E-state index contributed by atoms with van der Waals surface area (Å²) in [6.45, 7) is 0. The van der Waals surface area contributed by atoms with Crippen molar-refractivity contribution >= 4 is 48.1 Å². The molecule has 8 heteroatoms. The number of carboxylic acids is 1. The van der Waals surface area contributed by atoms with E-state index in [9.17, 15) is 18.3 Å². The van der Waals surface area contributed by atoms with Crippen molar-refractivity contribution in [3.8, 4) is 5.75 Å². The van der Waals surface area contributed by atoms with Gasteiger partial charge < -0.3 is 10.2 Å². The van der Waals surface area contributed by atoms with Crippen molar-refractivity contribution in [2.75, 3.05) is 0 Å². The number of benzene rings is 2. The Balaban J connectivity index is 2.91. The fourth-order valence-corrected chi connectivity index (χ4v) is 2.71. The number of halogens is 2. The second kappa shape index (κ2) is 4.56. The zero-order valence-electron chi connectivity index (χ0n) is 9.09. The number of carbonyl (C=O) groups is 1. The van der Waals surface area contributed by atoms with E-state index in [1.807, 2.05) is 0 Å². The highest BCUT2D eigenvalue weighted by molar-refractivity contribution is 8.13. The zero-order chi connectivity index (χ0) is 14.4. The van der Waals surface area contributed by atoms with Crippen LogP contribution in [0.3, 0.4) is 0 Å². The Morgan fingerprint density at radius 1 is 1.16 bits per heavy atom. The van der Waals surface area contributed by atoms with Crippen molar-refractivity contribution in [3.05, 3.63) is 34.9 Å². The van der Waals surface area contributed by atoms with E-state index in [1.54, 1.807) is 0 Å². The Bertz CT molecular complexity index is 798. The first-order valence-electron chi connectivity index (χ1n) is 4.85. The molecule has 0 aliphatic heterocycles. The minimum absolute atomic E-state index is 0.00613. The Hall–Kier alpha value is -1.50. The van der Waals surface area contributed by atoms with Gasteiger partial charge >= 0.3 is 5.97 Å². The number of carboxylic acid groups (broad SMARTS) is 1. The van der Waals surface area contributed by atoms with Crippen LogP contribution in [0.15, 0.2) is 29.2 Å². The second-order valence-electron chi connectivity index (χ2n) is 3.70. The van der Waals surface area contributed by atoms with Gasteiger partial charge in [-0.1, -0.05) is 17.7 Å². The van der Waals surface area contributed by atoms with Crippen LogP contribution in [0.25, 0.3) is 10.8 Å². The van der Waals surface area contributed by atoms with Gasteiger partial charge in [0.2, 0.25) is 0 Å². The first-order chi connectivity index (χ1) is 8.71. The zero-order valence-corrected chi connectivity index (χ0v) is 11.4. The number of rotatable bonds is 2. The largest absolute Gasteiger partial charge is 0.506 e. The Labute approximate surface area is 117 Å². The third kappa shape index (κ3) is 2.47. The highest BCUT2D eigenvalue weighted by atomic mass is 35.7. The van der Waals surface area contributed by atoms with E-state index in [4.69, 9.17) is 27.4 Å². The summed E-state index contributed by atoms with van der Waals surface area (Å²) in [4.78, 5) is 10.7. The lowest BCUT2D eigenvalue weighted by atomic mass is 10.1. The number of hydrogen-bond donors (Lipinski definition) is 2. The molecule has 2 N–H and O–H groups in total. The van der Waals surface area contributed by atoms with Crippen molar-refractivity contribution in [2.24, 2.45) is 0 Å². The molecule has 0 saturated heterocycles. The summed E-state index contributed by atoms with van der Waals surface area (Å²) >= 11 is 5.89. The summed E-state index contributed by atoms with van der Waals surface area (Å²) in [6, 6.07) is 4.73. The van der Waals surface area contributed by atoms with Gasteiger partial charge in [-0.25, -0.2) is 13.2 Å². The van der Waals surface area contributed by atoms with Gasteiger partial charge in [0.1, 0.15) is 11.3 Å². The number of fused-ring (bicyclic) bond motifs is 1. The standard InChI is InChI=1S/C11H6Cl2O5S/c12-9-4-8(11(15)16)10(14)7-3-5(19(13,17)18)1-2-6(7)9/h1-4,14H,(H,15,16). The van der Waals surface area contributed by atoms with Crippen molar-refractivity contribution in [1.29, 1.82) is 0 Å². The Morgan fingerprint density at radius 2 is 1.79 bits per heavy atom. The number of phenols is 1. The van der Waals surface area contributed by atoms with Crippen LogP contribution in [0.1, 0.15) is 10.4 Å². The molecule has 100 valence electrons. The summed E-state index contributed by atoms with van der Waals surface area (Å²) in [5.74, 6) is -1.94. The van der Waals surface area contributed by atoms with Gasteiger partial charge in [0, 0.05) is 26.5 Å². The van der Waals surface area contributed by atoms with Crippen LogP contribution in [0.2, 0.25) is 5.02 Å². The van der Waals surface area contributed by atoms with E-state index in [0.29, 0.717) is 5.39 Å². The summed E-state index contributed by atoms with van der Waals surface area (Å²) in [5, 5.41) is 19.2. The van der Waals surface area contributed by atoms with Gasteiger partial charge in [0.05, 0.1) is 4.90 Å². The highest BCUT2D eigenvalue weighted by Gasteiger charge is 2.18. The molecule has 0 aliphatic carbocycles. The molecule has 19 heavy (non-hydrogen) atoms. The molecule has 0 bridgehead atoms. The number of hydrogen-bond acceptors (Lipinski definition) is 4. The third-order valence-corrected chi connectivity index (χ3v) is 4.21. The van der Waals surface area contributed by atoms with E-state index < -0.39 is 26.3 Å². The van der Waals surface area contributed by atoms with Crippen LogP contribution >= 0.6 is 22.3 Å². The fourth-order valence-electron chi connectivity index (χ4n) is 1.66. The molecule has 2 aromatic rings. The molecule has 2 aromatic carbocycles. The topological polar surface area (TPSA) is 91.7 Å². The molecule has 0 saturated carbocycles. The van der Waals surface area contributed by atoms with Gasteiger partial charge in [0.25, 0.3) is 9.05 Å². The van der Waals surface area contributed by atoms with Crippen LogP contribution in [-0.2, 0) is 9.05 Å². The Morgan fingerprint density at radius 3 is 2.32 bits per heavy atom. The number of aromatic carboxylic acids is 1. The lowest BCUT2D eigenvalue weighted by molar-refractivity contribution is 0.0694. The molecular weight excluding hydrogens is 315 g/mol. The van der Waals surface area contributed by atoms with E-state index in [0.717, 1.165) is 12.1 Å². The molecule has 5 nitrogen and oxygen atoms in total. The highest BCUT2D eigenvalue weighted by Crippen LogP contribution is 2.36. The fraction of sp³-hybridized carbons (Fsp3) is 0. The molecule has 0 unspecified atom stereocenters. The van der Waals surface area contributed by atoms with Gasteiger partial charge in [0.15, 0.2) is 0 Å². The molecule has 0 fully saturated rings. The SMILES string of the molecule is O=C(O)c1cc(Cl)c2ccc(S(=O)(=O)Cl)cc2c1O. The quantitative estimate of drug-likeness (QED) is 0.830. The lowest BCUT2D eigenvalue weighted by Crippen LogP contribution is -1.98. The summed E-state index contributed by atoms with van der Waals surface area (Å²) in [7, 11) is 1.21. The number of aromatic hydroxyl groups is 1. The molecule has 0 aromatic heterocycles. The second-order valence-corrected chi connectivity index (χ2v) is 6.68. The van der Waals surface area contributed by atoms with Gasteiger partial charge in [-0.3, -0.25) is 0 Å². The molecule has 0 heterocycles. The first-order valence-corrected chi connectivity index (χ1v) is 7.53. The smallest absolute Gasteiger partial charge is 0.339 e. The van der Waals surface area contributed by atoms with Crippen molar-refractivity contribution in [2.45, 2.75) is 4.90 Å². The maximum Gasteiger partial charge on any atom is 0.339 e. The molecule has 0 radical (unpaired) electrons. The van der Waals surface area contributed by atoms with Crippen molar-refractivity contribution in [1.82, 2.24) is 0 Å². The summed E-state index contributed by atoms with van der Waals surface area (Å²) in [5.41, 5.74) is -0.415. The van der Waals surface area contributed by atoms with Crippen LogP contribution in [-0.4, -0.2) is 24.6 Å². The molecule has 0 aliphatic rings. The van der Waals surface area contributed by atoms with E-state index in [1.165, 1.54) is 12.1 Å². The van der Waals surface area contributed by atoms with E-state index in [-0.39, 0.29) is 15.3 Å². The Kier molecular flexibility index (Phi) is 3.34. The summed E-state index contributed by atoms with van der Waals surface area (Å²) in [6.07, 6.45) is 0. The van der Waals surface area contributed by atoms with Crippen LogP contribution < -0.4 is 0 Å². The van der Waals surface area contributed by atoms with Crippen LogP contribution in [0.4, 0.5) is 0 Å². The predicted octanol–water partition coefficient (Wildman–Crippen LogP) is 2.82. The maximum atomic E-state index is 11.2. The van der Waals surface area contributed by atoms with Gasteiger partial charge in [-0.05, 0) is 18.2 Å². The minimum Gasteiger partial charge on any atom is -0.506 e. The third-order valence-electron chi connectivity index (χ3n) is 2.54. The van der Waals surface area contributed by atoms with Gasteiger partial charge in [-0.15, -0.1) is 0 Å². The van der Waals surface area contributed by atoms with E-state index in [2.05, 4.69) is 0 Å². The van der Waals surface area contributed by atoms with Crippen LogP contribution in [0, 0.1) is 0 Å². The molecule has 0 atom stereocenters. The predicted molar refractivity (Wildman–Crippen MR) is 70.6 cm³/mol. The van der Waals surface area contributed by atoms with Crippen LogP contribution in [0.5, 0.6) is 5.75 Å². The van der Waals surface area contributed by atoms with Crippen molar-refractivity contribution < 1.29 is 23.4 Å². The van der Waals surface area contributed by atoms with Crippen molar-refractivity contribution in [3.63, 3.8) is 0 Å². The van der Waals surface area contributed by atoms with E-state index >= 15 is 0 Å². The maximum absolute atomic E-state index is 11.2. The molecule has 2 rings (SSSR count). The van der Waals surface area contributed by atoms with Gasteiger partial charge in [-0.2, -0.15) is 0 Å². The molecule has 0 amide bonds. The lowest BCUT2D eigenvalue weighted by Gasteiger charge is -2.08. The molecule has 0 spiro atoms. The minimum atomic E-state index is -3.99. The summed E-state index contributed by atoms with van der Waals surface area (Å²) < 4.78 is 22.5.